The van der Waals surface area contributed by atoms with Crippen LogP contribution in [0.25, 0.3) is 33.2 Å². The molecule has 1 aromatic heterocycles. The highest BCUT2D eigenvalue weighted by Gasteiger charge is 2.22. The van der Waals surface area contributed by atoms with E-state index in [1.165, 1.54) is 49.9 Å². The van der Waals surface area contributed by atoms with Crippen LogP contribution in [0.3, 0.4) is 0 Å². The molecule has 0 bridgehead atoms. The van der Waals surface area contributed by atoms with E-state index in [0.29, 0.717) is 18.0 Å². The quantitative estimate of drug-likeness (QED) is 0.292. The fourth-order valence-corrected chi connectivity index (χ4v) is 5.58. The van der Waals surface area contributed by atoms with Crippen LogP contribution in [0.1, 0.15) is 51.4 Å². The summed E-state index contributed by atoms with van der Waals surface area (Å²) in [6.45, 7) is 0. The Labute approximate surface area is 210 Å². The molecule has 0 unspecified atom stereocenters. The van der Waals surface area contributed by atoms with Crippen LogP contribution in [0.15, 0.2) is 60.7 Å². The molecule has 2 aliphatic rings. The van der Waals surface area contributed by atoms with Gasteiger partial charge in [0.05, 0.1) is 5.52 Å². The van der Waals surface area contributed by atoms with Gasteiger partial charge in [-0.05, 0) is 78.8 Å². The Morgan fingerprint density at radius 1 is 0.611 bits per heavy atom. The minimum atomic E-state index is -0.278. The van der Waals surface area contributed by atoms with E-state index in [1.54, 1.807) is 24.3 Å². The zero-order valence-corrected chi connectivity index (χ0v) is 20.2. The third-order valence-corrected chi connectivity index (χ3v) is 7.52. The molecule has 1 heterocycles. The smallest absolute Gasteiger partial charge is 0.225 e. The topological polar surface area (TPSA) is 49.8 Å². The largest absolute Gasteiger partial charge is 0.367 e. The van der Waals surface area contributed by atoms with Gasteiger partial charge < -0.3 is 10.6 Å². The Balaban J connectivity index is 1.55. The molecule has 6 heteroatoms. The second-order valence-electron chi connectivity index (χ2n) is 10.1. The Morgan fingerprint density at radius 3 is 1.78 bits per heavy atom. The van der Waals surface area contributed by atoms with Crippen LogP contribution < -0.4 is 10.6 Å². The van der Waals surface area contributed by atoms with Gasteiger partial charge >= 0.3 is 0 Å². The number of fused-ring (bicyclic) bond motifs is 1. The Kier molecular flexibility index (Phi) is 6.26. The number of hydrogen-bond donors (Lipinski definition) is 2. The van der Waals surface area contributed by atoms with Gasteiger partial charge in [0, 0.05) is 23.0 Å². The molecule has 2 aliphatic carbocycles. The fourth-order valence-electron chi connectivity index (χ4n) is 5.58. The maximum atomic E-state index is 13.8. The van der Waals surface area contributed by atoms with Gasteiger partial charge in [0.1, 0.15) is 17.5 Å². The number of rotatable bonds is 6. The molecule has 0 radical (unpaired) electrons. The lowest BCUT2D eigenvalue weighted by Gasteiger charge is -2.20. The highest BCUT2D eigenvalue weighted by atomic mass is 19.1. The van der Waals surface area contributed by atoms with Crippen molar-refractivity contribution in [2.75, 3.05) is 10.6 Å². The van der Waals surface area contributed by atoms with Crippen molar-refractivity contribution in [3.8, 4) is 22.3 Å². The summed E-state index contributed by atoms with van der Waals surface area (Å²) in [7, 11) is 0. The van der Waals surface area contributed by atoms with Crippen molar-refractivity contribution < 1.29 is 8.78 Å². The van der Waals surface area contributed by atoms with Crippen LogP contribution in [-0.2, 0) is 0 Å². The monoisotopic (exact) mass is 484 g/mol. The first-order chi connectivity index (χ1) is 17.6. The van der Waals surface area contributed by atoms with E-state index < -0.39 is 0 Å². The second kappa shape index (κ2) is 9.84. The number of benzene rings is 3. The predicted octanol–water partition coefficient (Wildman–Crippen LogP) is 7.95. The van der Waals surface area contributed by atoms with Crippen molar-refractivity contribution in [1.29, 1.82) is 0 Å². The van der Waals surface area contributed by atoms with Crippen LogP contribution in [-0.4, -0.2) is 22.1 Å². The summed E-state index contributed by atoms with van der Waals surface area (Å²) >= 11 is 0. The lowest BCUT2D eigenvalue weighted by atomic mass is 9.95. The van der Waals surface area contributed by atoms with Gasteiger partial charge in [0.25, 0.3) is 0 Å². The molecule has 0 atom stereocenters. The number of nitrogens with one attached hydrogen (secondary N) is 2. The van der Waals surface area contributed by atoms with Gasteiger partial charge in [0.2, 0.25) is 5.95 Å². The normalized spacial score (nSPS) is 16.6. The molecule has 4 nitrogen and oxygen atoms in total. The summed E-state index contributed by atoms with van der Waals surface area (Å²) in [6, 6.07) is 18.0. The van der Waals surface area contributed by atoms with E-state index in [0.717, 1.165) is 64.7 Å². The van der Waals surface area contributed by atoms with Gasteiger partial charge in [-0.15, -0.1) is 0 Å². The van der Waals surface area contributed by atoms with Crippen molar-refractivity contribution in [3.63, 3.8) is 0 Å². The molecule has 6 rings (SSSR count). The van der Waals surface area contributed by atoms with Crippen LogP contribution in [0.4, 0.5) is 20.5 Å². The van der Waals surface area contributed by atoms with Crippen molar-refractivity contribution in [3.05, 3.63) is 72.3 Å². The molecule has 0 aliphatic heterocycles. The van der Waals surface area contributed by atoms with E-state index in [2.05, 4.69) is 22.8 Å². The third kappa shape index (κ3) is 4.77. The first-order valence-electron chi connectivity index (χ1n) is 13.0. The number of aromatic nitrogens is 2. The lowest BCUT2D eigenvalue weighted by molar-refractivity contribution is 0.627. The molecule has 0 spiro atoms. The molecule has 4 aromatic rings. The van der Waals surface area contributed by atoms with E-state index in [-0.39, 0.29) is 11.6 Å². The van der Waals surface area contributed by atoms with E-state index in [9.17, 15) is 8.78 Å². The molecule has 0 saturated heterocycles. The van der Waals surface area contributed by atoms with Crippen LogP contribution in [0.2, 0.25) is 0 Å². The van der Waals surface area contributed by atoms with E-state index in [1.807, 2.05) is 0 Å². The maximum absolute atomic E-state index is 13.8. The SMILES string of the molecule is Fc1ccc(-c2cc(-c3ccc(F)cc3)c3nc(NC4CCCC4)nc(NC4CCCC4)c3c2)cc1. The number of anilines is 2. The molecular weight excluding hydrogens is 454 g/mol. The number of hydrogen-bond acceptors (Lipinski definition) is 4. The average Bonchev–Trinajstić information content (AvgIpc) is 3.59. The summed E-state index contributed by atoms with van der Waals surface area (Å²) in [5.41, 5.74) is 4.45. The molecule has 0 amide bonds. The maximum Gasteiger partial charge on any atom is 0.225 e. The minimum Gasteiger partial charge on any atom is -0.367 e. The van der Waals surface area contributed by atoms with E-state index in [4.69, 9.17) is 9.97 Å². The highest BCUT2D eigenvalue weighted by molar-refractivity contribution is 6.03. The standard InChI is InChI=1S/C30H30F2N4/c31-22-13-9-19(10-14-22)21-17-26(20-11-15-23(32)16-12-20)28-27(18-21)29(33-24-5-1-2-6-24)36-30(35-28)34-25-7-3-4-8-25/h9-18,24-25H,1-8H2,(H2,33,34,35,36). The second-order valence-corrected chi connectivity index (χ2v) is 10.1. The fraction of sp³-hybridized carbons (Fsp3) is 0.333. The molecule has 184 valence electrons. The lowest BCUT2D eigenvalue weighted by Crippen LogP contribution is -2.20. The van der Waals surface area contributed by atoms with Crippen molar-refractivity contribution in [2.45, 2.75) is 63.5 Å². The first-order valence-corrected chi connectivity index (χ1v) is 13.0. The molecule has 2 fully saturated rings. The Morgan fingerprint density at radius 2 is 1.17 bits per heavy atom. The number of halogens is 2. The van der Waals surface area contributed by atoms with Gasteiger partial charge in [-0.1, -0.05) is 49.9 Å². The summed E-state index contributed by atoms with van der Waals surface area (Å²) in [4.78, 5) is 9.98. The van der Waals surface area contributed by atoms with Crippen LogP contribution in [0, 0.1) is 11.6 Å². The summed E-state index contributed by atoms with van der Waals surface area (Å²) in [6.07, 6.45) is 9.38. The van der Waals surface area contributed by atoms with Gasteiger partial charge in [-0.3, -0.25) is 0 Å². The van der Waals surface area contributed by atoms with Crippen molar-refractivity contribution in [1.82, 2.24) is 9.97 Å². The van der Waals surface area contributed by atoms with Gasteiger partial charge in [-0.25, -0.2) is 13.8 Å². The summed E-state index contributed by atoms with van der Waals surface area (Å²) in [5, 5.41) is 8.21. The predicted molar refractivity (Wildman–Crippen MR) is 142 cm³/mol. The molecule has 2 saturated carbocycles. The van der Waals surface area contributed by atoms with Gasteiger partial charge in [-0.2, -0.15) is 4.98 Å². The van der Waals surface area contributed by atoms with Crippen molar-refractivity contribution >= 4 is 22.7 Å². The van der Waals surface area contributed by atoms with Crippen LogP contribution >= 0.6 is 0 Å². The third-order valence-electron chi connectivity index (χ3n) is 7.52. The Bertz CT molecular complexity index is 1360. The Hall–Kier alpha value is -3.54. The highest BCUT2D eigenvalue weighted by Crippen LogP contribution is 2.38. The first kappa shape index (κ1) is 22.9. The number of nitrogens with zero attached hydrogens (tertiary/aromatic N) is 2. The zero-order valence-electron chi connectivity index (χ0n) is 20.2. The summed E-state index contributed by atoms with van der Waals surface area (Å²) in [5.74, 6) is 0.903. The molecule has 2 N–H and O–H groups in total. The van der Waals surface area contributed by atoms with Crippen LogP contribution in [0.5, 0.6) is 0 Å². The van der Waals surface area contributed by atoms with Crippen molar-refractivity contribution in [2.24, 2.45) is 0 Å². The zero-order chi connectivity index (χ0) is 24.5. The van der Waals surface area contributed by atoms with Gasteiger partial charge in [0.15, 0.2) is 0 Å². The van der Waals surface area contributed by atoms with E-state index >= 15 is 0 Å². The molecular formula is C30H30F2N4. The average molecular weight is 485 g/mol. The molecule has 36 heavy (non-hydrogen) atoms. The minimum absolute atomic E-state index is 0.271. The molecule has 3 aromatic carbocycles. The summed E-state index contributed by atoms with van der Waals surface area (Å²) < 4.78 is 27.5.